The Morgan fingerprint density at radius 3 is 2.45 bits per heavy atom. The van der Waals surface area contributed by atoms with Crippen molar-refractivity contribution in [1.82, 2.24) is 14.8 Å². The number of methoxy groups -OCH3 is 1. The molecule has 1 fully saturated rings. The molecule has 1 aromatic heterocycles. The van der Waals surface area contributed by atoms with Crippen molar-refractivity contribution in [3.05, 3.63) is 44.4 Å². The van der Waals surface area contributed by atoms with E-state index in [1.165, 1.54) is 40.4 Å². The minimum absolute atomic E-state index is 0.103. The SMILES string of the molecule is COc1cc(C(=O)N2CCN(C(=O)OCC(C)C)CC2)c([N+](=O)[O-])cc1OCc1cscn1. The van der Waals surface area contributed by atoms with Crippen LogP contribution in [0.2, 0.25) is 0 Å². The highest BCUT2D eigenvalue weighted by Crippen LogP contribution is 2.36. The number of hydrogen-bond donors (Lipinski definition) is 0. The fourth-order valence-electron chi connectivity index (χ4n) is 3.20. The van der Waals surface area contributed by atoms with Crippen LogP contribution in [0.4, 0.5) is 10.5 Å². The molecule has 0 spiro atoms. The van der Waals surface area contributed by atoms with Crippen LogP contribution in [0.15, 0.2) is 23.0 Å². The first-order chi connectivity index (χ1) is 15.8. The Bertz CT molecular complexity index is 989. The summed E-state index contributed by atoms with van der Waals surface area (Å²) in [7, 11) is 1.40. The third-order valence-corrected chi connectivity index (χ3v) is 5.57. The molecule has 11 nitrogen and oxygen atoms in total. The molecule has 0 aliphatic carbocycles. The predicted octanol–water partition coefficient (Wildman–Crippen LogP) is 3.19. The summed E-state index contributed by atoms with van der Waals surface area (Å²) in [5.74, 6) is 0.0589. The summed E-state index contributed by atoms with van der Waals surface area (Å²) in [6.45, 7) is 5.35. The van der Waals surface area contributed by atoms with E-state index in [4.69, 9.17) is 14.2 Å². The summed E-state index contributed by atoms with van der Waals surface area (Å²) >= 11 is 1.41. The molecule has 3 rings (SSSR count). The Labute approximate surface area is 195 Å². The largest absolute Gasteiger partial charge is 0.493 e. The van der Waals surface area contributed by atoms with Crippen molar-refractivity contribution in [2.45, 2.75) is 20.5 Å². The van der Waals surface area contributed by atoms with Gasteiger partial charge in [0.15, 0.2) is 11.5 Å². The van der Waals surface area contributed by atoms with Crippen LogP contribution < -0.4 is 9.47 Å². The van der Waals surface area contributed by atoms with E-state index in [-0.39, 0.29) is 61.5 Å². The smallest absolute Gasteiger partial charge is 0.409 e. The molecule has 12 heteroatoms. The standard InChI is InChI=1S/C21H26N4O7S/c1-14(2)10-32-21(27)24-6-4-23(5-7-24)20(26)16-8-18(30-3)19(9-17(16)25(28)29)31-11-15-12-33-13-22-15/h8-9,12-14H,4-7,10-11H2,1-3H3. The number of piperazine rings is 1. The zero-order valence-electron chi connectivity index (χ0n) is 18.7. The van der Waals surface area contributed by atoms with Crippen LogP contribution in [0.3, 0.4) is 0 Å². The van der Waals surface area contributed by atoms with Crippen LogP contribution >= 0.6 is 11.3 Å². The van der Waals surface area contributed by atoms with Gasteiger partial charge in [0.2, 0.25) is 0 Å². The van der Waals surface area contributed by atoms with Crippen LogP contribution in [0.5, 0.6) is 11.5 Å². The van der Waals surface area contributed by atoms with E-state index in [1.807, 2.05) is 13.8 Å². The van der Waals surface area contributed by atoms with Crippen molar-refractivity contribution in [3.63, 3.8) is 0 Å². The van der Waals surface area contributed by atoms with E-state index in [9.17, 15) is 19.7 Å². The van der Waals surface area contributed by atoms with Crippen molar-refractivity contribution >= 4 is 29.0 Å². The van der Waals surface area contributed by atoms with Crippen molar-refractivity contribution in [1.29, 1.82) is 0 Å². The maximum atomic E-state index is 13.1. The number of thiazole rings is 1. The molecule has 2 amide bonds. The van der Waals surface area contributed by atoms with Crippen LogP contribution in [-0.2, 0) is 11.3 Å². The lowest BCUT2D eigenvalue weighted by Crippen LogP contribution is -2.50. The number of ether oxygens (including phenoxy) is 3. The number of rotatable bonds is 8. The lowest BCUT2D eigenvalue weighted by Gasteiger charge is -2.34. The molecule has 0 N–H and O–H groups in total. The molecular weight excluding hydrogens is 452 g/mol. The minimum atomic E-state index is -0.623. The van der Waals surface area contributed by atoms with Gasteiger partial charge in [-0.3, -0.25) is 14.9 Å². The first-order valence-electron chi connectivity index (χ1n) is 10.4. The van der Waals surface area contributed by atoms with Crippen LogP contribution in [0.25, 0.3) is 0 Å². The second-order valence-electron chi connectivity index (χ2n) is 7.80. The van der Waals surface area contributed by atoms with Gasteiger partial charge in [0.05, 0.1) is 35.9 Å². The average Bonchev–Trinajstić information content (AvgIpc) is 3.33. The molecule has 2 heterocycles. The summed E-state index contributed by atoms with van der Waals surface area (Å²) < 4.78 is 16.2. The number of benzene rings is 1. The zero-order chi connectivity index (χ0) is 24.0. The summed E-state index contributed by atoms with van der Waals surface area (Å²) in [6, 6.07) is 2.51. The number of nitro groups is 1. The van der Waals surface area contributed by atoms with Crippen LogP contribution in [0.1, 0.15) is 29.9 Å². The Morgan fingerprint density at radius 2 is 1.88 bits per heavy atom. The molecule has 1 aromatic carbocycles. The van der Waals surface area contributed by atoms with E-state index >= 15 is 0 Å². The molecule has 0 unspecified atom stereocenters. The van der Waals surface area contributed by atoms with Crippen molar-refractivity contribution in [3.8, 4) is 11.5 Å². The summed E-state index contributed by atoms with van der Waals surface area (Å²) in [5.41, 5.74) is 1.85. The summed E-state index contributed by atoms with van der Waals surface area (Å²) in [6.07, 6.45) is -0.426. The second kappa shape index (κ2) is 10.9. The summed E-state index contributed by atoms with van der Waals surface area (Å²) in [5, 5.41) is 13.5. The fourth-order valence-corrected chi connectivity index (χ4v) is 3.74. The van der Waals surface area contributed by atoms with Gasteiger partial charge in [-0.15, -0.1) is 11.3 Å². The predicted molar refractivity (Wildman–Crippen MR) is 120 cm³/mol. The highest BCUT2D eigenvalue weighted by molar-refractivity contribution is 7.07. The molecule has 0 bridgehead atoms. The van der Waals surface area contributed by atoms with Gasteiger partial charge in [0, 0.05) is 37.6 Å². The van der Waals surface area contributed by atoms with Gasteiger partial charge in [-0.2, -0.15) is 0 Å². The van der Waals surface area contributed by atoms with Gasteiger partial charge in [0.25, 0.3) is 11.6 Å². The Kier molecular flexibility index (Phi) is 8.04. The fraction of sp³-hybridized carbons (Fsp3) is 0.476. The quantitative estimate of drug-likeness (QED) is 0.418. The van der Waals surface area contributed by atoms with E-state index in [2.05, 4.69) is 4.98 Å². The van der Waals surface area contributed by atoms with Gasteiger partial charge >= 0.3 is 6.09 Å². The lowest BCUT2D eigenvalue weighted by molar-refractivity contribution is -0.385. The number of carbonyl (C=O) groups is 2. The normalized spacial score (nSPS) is 13.7. The number of carbonyl (C=O) groups excluding carboxylic acids is 2. The molecule has 1 aliphatic heterocycles. The Hall–Kier alpha value is -3.41. The van der Waals surface area contributed by atoms with E-state index in [1.54, 1.807) is 10.9 Å². The molecule has 178 valence electrons. The molecule has 1 saturated heterocycles. The van der Waals surface area contributed by atoms with Gasteiger partial charge in [-0.25, -0.2) is 9.78 Å². The van der Waals surface area contributed by atoms with Crippen LogP contribution in [-0.4, -0.2) is 71.6 Å². The third kappa shape index (κ3) is 6.09. The van der Waals surface area contributed by atoms with Crippen LogP contribution in [0, 0.1) is 16.0 Å². The molecular formula is C21H26N4O7S. The summed E-state index contributed by atoms with van der Waals surface area (Å²) in [4.78, 5) is 43.5. The van der Waals surface area contributed by atoms with Crippen molar-refractivity contribution in [2.75, 3.05) is 39.9 Å². The first kappa shape index (κ1) is 24.2. The lowest BCUT2D eigenvalue weighted by atomic mass is 10.1. The van der Waals surface area contributed by atoms with E-state index in [0.717, 1.165) is 0 Å². The monoisotopic (exact) mass is 478 g/mol. The Balaban J connectivity index is 1.73. The molecule has 33 heavy (non-hydrogen) atoms. The zero-order valence-corrected chi connectivity index (χ0v) is 19.5. The van der Waals surface area contributed by atoms with Crippen molar-refractivity contribution in [2.24, 2.45) is 5.92 Å². The first-order valence-corrected chi connectivity index (χ1v) is 11.3. The molecule has 0 atom stereocenters. The maximum absolute atomic E-state index is 13.1. The van der Waals surface area contributed by atoms with Gasteiger partial charge in [0.1, 0.15) is 12.2 Å². The topological polar surface area (TPSA) is 124 Å². The molecule has 1 aliphatic rings. The van der Waals surface area contributed by atoms with E-state index in [0.29, 0.717) is 12.3 Å². The number of aromatic nitrogens is 1. The second-order valence-corrected chi connectivity index (χ2v) is 8.51. The van der Waals surface area contributed by atoms with Gasteiger partial charge in [-0.1, -0.05) is 13.8 Å². The highest BCUT2D eigenvalue weighted by atomic mass is 32.1. The van der Waals surface area contributed by atoms with Crippen molar-refractivity contribution < 1.29 is 28.7 Å². The molecule has 2 aromatic rings. The number of nitrogens with zero attached hydrogens (tertiary/aromatic N) is 4. The van der Waals surface area contributed by atoms with E-state index < -0.39 is 16.9 Å². The third-order valence-electron chi connectivity index (χ3n) is 4.93. The Morgan fingerprint density at radius 1 is 1.18 bits per heavy atom. The highest BCUT2D eigenvalue weighted by Gasteiger charge is 2.31. The number of hydrogen-bond acceptors (Lipinski definition) is 9. The molecule has 0 radical (unpaired) electrons. The van der Waals surface area contributed by atoms with Gasteiger partial charge < -0.3 is 24.0 Å². The maximum Gasteiger partial charge on any atom is 0.409 e. The molecule has 0 saturated carbocycles. The number of amides is 2. The average molecular weight is 479 g/mol. The minimum Gasteiger partial charge on any atom is -0.493 e. The number of nitro benzene ring substituents is 1. The van der Waals surface area contributed by atoms with Gasteiger partial charge in [-0.05, 0) is 5.92 Å².